The number of ether oxygens (including phenoxy) is 1. The maximum atomic E-state index is 5.47. The smallest absolute Gasteiger partial charge is 0.0620 e. The topological polar surface area (TPSA) is 33.3 Å². The van der Waals surface area contributed by atoms with E-state index in [1.807, 2.05) is 11.3 Å². The van der Waals surface area contributed by atoms with Crippen molar-refractivity contribution in [3.05, 3.63) is 22.4 Å². The van der Waals surface area contributed by atoms with Crippen molar-refractivity contribution in [1.82, 2.24) is 10.6 Å². The van der Waals surface area contributed by atoms with Crippen molar-refractivity contribution in [1.29, 1.82) is 0 Å². The summed E-state index contributed by atoms with van der Waals surface area (Å²) in [6, 6.07) is 5.75. The molecule has 4 heteroatoms. The zero-order valence-corrected chi connectivity index (χ0v) is 11.4. The van der Waals surface area contributed by atoms with Crippen molar-refractivity contribution >= 4 is 11.3 Å². The van der Waals surface area contributed by atoms with Crippen molar-refractivity contribution < 1.29 is 4.74 Å². The van der Waals surface area contributed by atoms with E-state index in [-0.39, 0.29) is 0 Å². The fourth-order valence-corrected chi connectivity index (χ4v) is 3.06. The molecular formula is C13H22N2OS. The average Bonchev–Trinajstić information content (AvgIpc) is 2.83. The lowest BCUT2D eigenvalue weighted by atomic mass is 10.1. The summed E-state index contributed by atoms with van der Waals surface area (Å²) in [4.78, 5) is 1.41. The van der Waals surface area contributed by atoms with E-state index in [0.717, 1.165) is 26.2 Å². The Morgan fingerprint density at radius 1 is 1.59 bits per heavy atom. The first-order valence-electron chi connectivity index (χ1n) is 6.36. The first-order valence-corrected chi connectivity index (χ1v) is 7.24. The quantitative estimate of drug-likeness (QED) is 0.845. The molecule has 0 radical (unpaired) electrons. The fraction of sp³-hybridized carbons (Fsp3) is 0.692. The third-order valence-corrected chi connectivity index (χ3v) is 4.20. The summed E-state index contributed by atoms with van der Waals surface area (Å²) in [6.45, 7) is 7.16. The van der Waals surface area contributed by atoms with Crippen molar-refractivity contribution in [3.8, 4) is 0 Å². The molecule has 2 unspecified atom stereocenters. The molecular weight excluding hydrogens is 232 g/mol. The van der Waals surface area contributed by atoms with E-state index in [1.165, 1.54) is 4.88 Å². The van der Waals surface area contributed by atoms with Crippen LogP contribution >= 0.6 is 11.3 Å². The molecule has 17 heavy (non-hydrogen) atoms. The summed E-state index contributed by atoms with van der Waals surface area (Å²) in [5, 5.41) is 9.27. The van der Waals surface area contributed by atoms with Crippen LogP contribution in [-0.2, 0) is 4.74 Å². The van der Waals surface area contributed by atoms with Crippen LogP contribution in [0, 0.1) is 0 Å². The number of rotatable bonds is 5. The lowest BCUT2D eigenvalue weighted by molar-refractivity contribution is 0.0708. The van der Waals surface area contributed by atoms with E-state index < -0.39 is 0 Å². The highest BCUT2D eigenvalue weighted by Gasteiger charge is 2.17. The van der Waals surface area contributed by atoms with Crippen LogP contribution in [-0.4, -0.2) is 31.8 Å². The van der Waals surface area contributed by atoms with Crippen LogP contribution in [0.4, 0.5) is 0 Å². The standard InChI is InChI=1S/C13H22N2OS/c1-10(8-12-9-16-6-5-14-12)15-11(2)13-4-3-7-17-13/h3-4,7,10-12,14-15H,5-6,8-9H2,1-2H3/t10?,11-,12?/m1/s1. The van der Waals surface area contributed by atoms with Gasteiger partial charge in [-0.25, -0.2) is 0 Å². The van der Waals surface area contributed by atoms with Crippen LogP contribution in [0.2, 0.25) is 0 Å². The van der Waals surface area contributed by atoms with E-state index in [9.17, 15) is 0 Å². The Bertz CT molecular complexity index is 309. The largest absolute Gasteiger partial charge is 0.379 e. The second kappa shape index (κ2) is 6.50. The van der Waals surface area contributed by atoms with Crippen LogP contribution in [0.3, 0.4) is 0 Å². The van der Waals surface area contributed by atoms with Gasteiger partial charge in [0.05, 0.1) is 13.2 Å². The predicted molar refractivity (Wildman–Crippen MR) is 72.6 cm³/mol. The highest BCUT2D eigenvalue weighted by Crippen LogP contribution is 2.19. The molecule has 0 amide bonds. The van der Waals surface area contributed by atoms with Crippen molar-refractivity contribution in [2.75, 3.05) is 19.8 Å². The molecule has 0 aliphatic carbocycles. The molecule has 1 aromatic heterocycles. The van der Waals surface area contributed by atoms with Gasteiger partial charge in [-0.2, -0.15) is 0 Å². The van der Waals surface area contributed by atoms with Gasteiger partial charge in [0.1, 0.15) is 0 Å². The first-order chi connectivity index (χ1) is 8.25. The minimum atomic E-state index is 0.439. The van der Waals surface area contributed by atoms with E-state index in [1.54, 1.807) is 0 Å². The molecule has 1 fully saturated rings. The number of nitrogens with one attached hydrogen (secondary N) is 2. The Balaban J connectivity index is 1.74. The number of thiophene rings is 1. The van der Waals surface area contributed by atoms with Gasteiger partial charge in [0.25, 0.3) is 0 Å². The van der Waals surface area contributed by atoms with E-state index >= 15 is 0 Å². The molecule has 2 rings (SSSR count). The molecule has 3 atom stereocenters. The molecule has 96 valence electrons. The van der Waals surface area contributed by atoms with Gasteiger partial charge in [-0.05, 0) is 31.7 Å². The van der Waals surface area contributed by atoms with E-state index in [2.05, 4.69) is 42.0 Å². The molecule has 0 aromatic carbocycles. The van der Waals surface area contributed by atoms with Crippen molar-refractivity contribution in [2.24, 2.45) is 0 Å². The Labute approximate surface area is 108 Å². The van der Waals surface area contributed by atoms with Crippen LogP contribution in [0.15, 0.2) is 17.5 Å². The second-order valence-corrected chi connectivity index (χ2v) is 5.75. The summed E-state index contributed by atoms with van der Waals surface area (Å²) in [5.74, 6) is 0. The molecule has 0 saturated carbocycles. The summed E-state index contributed by atoms with van der Waals surface area (Å²) in [5.41, 5.74) is 0. The molecule has 0 spiro atoms. The third kappa shape index (κ3) is 4.07. The number of morpholine rings is 1. The summed E-state index contributed by atoms with van der Waals surface area (Å²) in [6.07, 6.45) is 1.12. The molecule has 1 aliphatic rings. The van der Waals surface area contributed by atoms with E-state index in [4.69, 9.17) is 4.74 Å². The molecule has 2 N–H and O–H groups in total. The third-order valence-electron chi connectivity index (χ3n) is 3.14. The van der Waals surface area contributed by atoms with Gasteiger partial charge in [-0.1, -0.05) is 6.07 Å². The predicted octanol–water partition coefficient (Wildman–Crippen LogP) is 2.17. The molecule has 2 heterocycles. The maximum Gasteiger partial charge on any atom is 0.0620 e. The molecule has 1 saturated heterocycles. The summed E-state index contributed by atoms with van der Waals surface area (Å²) < 4.78 is 5.47. The van der Waals surface area contributed by atoms with Crippen molar-refractivity contribution in [3.63, 3.8) is 0 Å². The monoisotopic (exact) mass is 254 g/mol. The fourth-order valence-electron chi connectivity index (χ4n) is 2.31. The minimum Gasteiger partial charge on any atom is -0.379 e. The zero-order valence-electron chi connectivity index (χ0n) is 10.6. The zero-order chi connectivity index (χ0) is 12.1. The minimum absolute atomic E-state index is 0.439. The van der Waals surface area contributed by atoms with Gasteiger partial charge in [0.15, 0.2) is 0 Å². The number of hydrogen-bond donors (Lipinski definition) is 2. The summed E-state index contributed by atoms with van der Waals surface area (Å²) >= 11 is 1.82. The SMILES string of the molecule is CC(CC1COCCN1)N[C@H](C)c1cccs1. The molecule has 3 nitrogen and oxygen atoms in total. The Morgan fingerprint density at radius 3 is 3.12 bits per heavy atom. The lowest BCUT2D eigenvalue weighted by Gasteiger charge is -2.28. The van der Waals surface area contributed by atoms with Crippen LogP contribution < -0.4 is 10.6 Å². The maximum absolute atomic E-state index is 5.47. The van der Waals surface area contributed by atoms with Gasteiger partial charge < -0.3 is 15.4 Å². The molecule has 1 aliphatic heterocycles. The van der Waals surface area contributed by atoms with Crippen LogP contribution in [0.5, 0.6) is 0 Å². The van der Waals surface area contributed by atoms with Gasteiger partial charge in [-0.3, -0.25) is 0 Å². The summed E-state index contributed by atoms with van der Waals surface area (Å²) in [7, 11) is 0. The van der Waals surface area contributed by atoms with Crippen LogP contribution in [0.25, 0.3) is 0 Å². The van der Waals surface area contributed by atoms with Crippen LogP contribution in [0.1, 0.15) is 31.2 Å². The highest BCUT2D eigenvalue weighted by molar-refractivity contribution is 7.10. The van der Waals surface area contributed by atoms with E-state index in [0.29, 0.717) is 18.1 Å². The molecule has 0 bridgehead atoms. The average molecular weight is 254 g/mol. The Kier molecular flexibility index (Phi) is 4.98. The Hall–Kier alpha value is -0.420. The normalized spacial score (nSPS) is 24.5. The van der Waals surface area contributed by atoms with Crippen molar-refractivity contribution in [2.45, 2.75) is 38.4 Å². The Morgan fingerprint density at radius 2 is 2.47 bits per heavy atom. The van der Waals surface area contributed by atoms with Gasteiger partial charge in [0.2, 0.25) is 0 Å². The number of hydrogen-bond acceptors (Lipinski definition) is 4. The van der Waals surface area contributed by atoms with Gasteiger partial charge in [-0.15, -0.1) is 11.3 Å². The molecule has 1 aromatic rings. The second-order valence-electron chi connectivity index (χ2n) is 4.77. The highest BCUT2D eigenvalue weighted by atomic mass is 32.1. The van der Waals surface area contributed by atoms with Gasteiger partial charge in [0, 0.05) is 29.5 Å². The van der Waals surface area contributed by atoms with Gasteiger partial charge >= 0.3 is 0 Å². The lowest BCUT2D eigenvalue weighted by Crippen LogP contribution is -2.45. The first kappa shape index (κ1) is 13.0.